The first-order valence-electron chi connectivity index (χ1n) is 29.0. The number of allylic oxidation sites excluding steroid dienone is 1. The van der Waals surface area contributed by atoms with E-state index in [1.54, 1.807) is 102 Å². The molecule has 0 spiro atoms. The molecule has 7 rings (SSSR count). The molecule has 35 heteroatoms. The number of urea groups is 2. The van der Waals surface area contributed by atoms with Crippen LogP contribution in [0.3, 0.4) is 0 Å². The average Bonchev–Trinajstić information content (AvgIpc) is 0.852. The van der Waals surface area contributed by atoms with Crippen LogP contribution in [0.4, 0.5) is 60.8 Å². The maximum absolute atomic E-state index is 11.1. The van der Waals surface area contributed by atoms with Gasteiger partial charge in [0.25, 0.3) is 20.2 Å². The van der Waals surface area contributed by atoms with Gasteiger partial charge in [-0.25, -0.2) is 22.8 Å². The van der Waals surface area contributed by atoms with Gasteiger partial charge in [0.05, 0.1) is 43.0 Å². The minimum absolute atomic E-state index is 0.00768. The topological polar surface area (TPSA) is 468 Å². The number of amides is 4. The molecule has 0 bridgehead atoms. The van der Waals surface area contributed by atoms with Crippen LogP contribution in [0.5, 0.6) is 5.75 Å². The Bertz CT molecular complexity index is 4110. The first kappa shape index (κ1) is 87.3. The van der Waals surface area contributed by atoms with Gasteiger partial charge in [0, 0.05) is 133 Å². The molecule has 20 N–H and O–H groups in total. The normalized spacial score (nSPS) is 10.8. The molecule has 4 amide bonds. The molecule has 0 heterocycles. The fraction of sp³-hybridized carbons (Fsp3) is 0.254. The number of phenols is 1. The first-order valence-corrected chi connectivity index (χ1v) is 36.8. The molecule has 0 aliphatic rings. The molecule has 0 unspecified atom stereocenters. The highest BCUT2D eigenvalue weighted by Crippen LogP contribution is 2.47. The Balaban J connectivity index is 0.000000574. The summed E-state index contributed by atoms with van der Waals surface area (Å²) in [4.78, 5) is 34.4. The number of carboxylic acids is 1. The van der Waals surface area contributed by atoms with Crippen molar-refractivity contribution < 1.29 is 81.7 Å². The van der Waals surface area contributed by atoms with Crippen LogP contribution < -0.4 is 58.5 Å². The van der Waals surface area contributed by atoms with Crippen LogP contribution in [0.25, 0.3) is 6.08 Å². The second-order valence-corrected chi connectivity index (χ2v) is 27.2. The number of nitrogens with one attached hydrogen (secondary N) is 11. The zero-order chi connectivity index (χ0) is 74.7. The molecule has 0 fully saturated rings. The Labute approximate surface area is 583 Å². The number of hydrogen-bond acceptors (Lipinski definition) is 24. The number of aryl methyl sites for hydroxylation is 3. The second kappa shape index (κ2) is 42.9. The van der Waals surface area contributed by atoms with E-state index in [9.17, 15) is 58.4 Å². The molecular weight excluding hydrogens is 1390 g/mol. The van der Waals surface area contributed by atoms with Gasteiger partial charge in [-0.1, -0.05) is 50.3 Å². The van der Waals surface area contributed by atoms with Gasteiger partial charge in [0.1, 0.15) is 26.4 Å². The first-order chi connectivity index (χ1) is 46.0. The standard InChI is InChI=1S/C10H15NO3S.C10H13NO2.C9H13N3O4S.C9H13N3O3S.C9H13NO3S.C8H11NO2S.C8H11NOS/c1-3-4-8-5-6-9(11-2)7-10(8)15(12,13)14;1-3-7-4-5-9(11-2)8(6-7)10(12)13;1-10-7-4-3-6(12-9(13)11-2)5-8(7)17(14,15)16;1-10-5-4-8(16-15)6(3-7(5)13)12-9(14)11-2;1-3-7-4-5-8(10-2)9(6-7)14(11,12)13;1-9-7-3-5-8(6-4-7)12(2,10)11;1-6-3-4-7(9-2)5-8(6)11-10/h3-7,11-14H,1-2H3;4-6,11H,3H2,1-2H3,(H,12,13);3-5,10H,1-2H3,(H2,11,12,13)(H,14,15,16);3-4,10,13,15H,1-2H3,(H2,11,12,14);4-6,10H,3H2,1-2H3,(H,11,12,13);3-6,9H,1-2H3;3-5,9-10H,1-2H3/b4-3+;;;;;;. The summed E-state index contributed by atoms with van der Waals surface area (Å²) in [6.45, 7) is 7.71. The van der Waals surface area contributed by atoms with Crippen molar-refractivity contribution >= 4 is 140 Å². The molecule has 0 radical (unpaired) electrons. The van der Waals surface area contributed by atoms with E-state index in [2.05, 4.69) is 58.5 Å². The van der Waals surface area contributed by atoms with Crippen molar-refractivity contribution in [1.82, 2.24) is 10.6 Å². The Morgan fingerprint density at radius 2 is 0.908 bits per heavy atom. The number of hydrogen-bond donors (Lipinski definition) is 20. The van der Waals surface area contributed by atoms with Crippen molar-refractivity contribution in [2.24, 2.45) is 0 Å². The average molecular weight is 1480 g/mol. The Morgan fingerprint density at radius 1 is 0.469 bits per heavy atom. The fourth-order valence-electron chi connectivity index (χ4n) is 7.72. The minimum atomic E-state index is -4.34. The van der Waals surface area contributed by atoms with E-state index in [1.165, 1.54) is 63.8 Å². The third-order valence-electron chi connectivity index (χ3n) is 13.0. The lowest BCUT2D eigenvalue weighted by atomic mass is 10.1. The van der Waals surface area contributed by atoms with Crippen LogP contribution in [-0.4, -0.2) is 155 Å². The predicted molar refractivity (Wildman–Crippen MR) is 398 cm³/mol. The molecule has 0 atom stereocenters. The maximum Gasteiger partial charge on any atom is 0.337 e. The number of carbonyl (C=O) groups is 3. The minimum Gasteiger partial charge on any atom is -0.506 e. The van der Waals surface area contributed by atoms with Crippen LogP contribution in [0.15, 0.2) is 163 Å². The van der Waals surface area contributed by atoms with Crippen molar-refractivity contribution in [2.45, 2.75) is 69.9 Å². The Morgan fingerprint density at radius 3 is 1.35 bits per heavy atom. The van der Waals surface area contributed by atoms with Gasteiger partial charge in [-0.2, -0.15) is 16.8 Å². The van der Waals surface area contributed by atoms with Gasteiger partial charge >= 0.3 is 18.0 Å². The quantitative estimate of drug-likeness (QED) is 0.0203. The molecule has 0 aliphatic heterocycles. The number of rotatable bonds is 19. The molecule has 0 saturated carbocycles. The van der Waals surface area contributed by atoms with Crippen LogP contribution in [0, 0.1) is 6.92 Å². The molecule has 0 aliphatic carbocycles. The highest BCUT2D eigenvalue weighted by atomic mass is 32.3. The summed E-state index contributed by atoms with van der Waals surface area (Å²) in [6, 6.07) is 34.0. The van der Waals surface area contributed by atoms with Crippen LogP contribution in [0.1, 0.15) is 53.4 Å². The summed E-state index contributed by atoms with van der Waals surface area (Å²) in [5, 5.41) is 47.8. The van der Waals surface area contributed by atoms with Crippen molar-refractivity contribution in [2.75, 3.05) is 118 Å². The smallest absolute Gasteiger partial charge is 0.337 e. The fourth-order valence-corrected chi connectivity index (χ4v) is 11.3. The molecule has 0 aromatic heterocycles. The number of aromatic hydroxyl groups is 1. The summed E-state index contributed by atoms with van der Waals surface area (Å²) < 4.78 is 130. The van der Waals surface area contributed by atoms with Gasteiger partial charge in [-0.3, -0.25) is 9.11 Å². The van der Waals surface area contributed by atoms with Crippen LogP contribution in [-0.2, 0) is 42.9 Å². The van der Waals surface area contributed by atoms with E-state index < -0.39 is 59.0 Å². The lowest BCUT2D eigenvalue weighted by Crippen LogP contribution is -2.24. The lowest BCUT2D eigenvalue weighted by Gasteiger charge is -2.22. The van der Waals surface area contributed by atoms with Crippen LogP contribution in [0.2, 0.25) is 0 Å². The van der Waals surface area contributed by atoms with E-state index in [0.717, 1.165) is 63.9 Å². The van der Waals surface area contributed by atoms with Gasteiger partial charge in [0.2, 0.25) is 0 Å². The number of phenolic OH excluding ortho intramolecular Hbond substituents is 1. The van der Waals surface area contributed by atoms with Crippen molar-refractivity contribution in [3.63, 3.8) is 0 Å². The summed E-state index contributed by atoms with van der Waals surface area (Å²) in [5.41, 5.74) is 8.95. The van der Waals surface area contributed by atoms with Crippen molar-refractivity contribution in [3.05, 3.63) is 161 Å². The summed E-state index contributed by atoms with van der Waals surface area (Å²) >= 11 is 1.28. The van der Waals surface area contributed by atoms with Crippen molar-refractivity contribution in [3.8, 4) is 5.75 Å². The summed E-state index contributed by atoms with van der Waals surface area (Å²) in [5.74, 6) is -0.897. The monoisotopic (exact) mass is 1480 g/mol. The molecular formula is C63H89N11O18S6. The number of sulfone groups is 1. The van der Waals surface area contributed by atoms with E-state index >= 15 is 0 Å². The number of carbonyl (C=O) groups excluding carboxylic acids is 2. The number of aromatic carboxylic acids is 1. The number of anilines is 9. The summed E-state index contributed by atoms with van der Waals surface area (Å²) in [6.07, 6.45) is 6.25. The van der Waals surface area contributed by atoms with Crippen molar-refractivity contribution in [1.29, 1.82) is 0 Å². The highest BCUT2D eigenvalue weighted by Gasteiger charge is 2.21. The van der Waals surface area contributed by atoms with Gasteiger partial charge in [-0.15, -0.1) is 0 Å². The second-order valence-electron chi connectivity index (χ2n) is 19.6. The molecule has 540 valence electrons. The zero-order valence-corrected chi connectivity index (χ0v) is 61.2. The van der Waals surface area contributed by atoms with Gasteiger partial charge in [0.15, 0.2) is 9.84 Å². The lowest BCUT2D eigenvalue weighted by molar-refractivity contribution is 0.0697. The molecule has 29 nitrogen and oxygen atoms in total. The molecule has 7 aromatic rings. The largest absolute Gasteiger partial charge is 0.506 e. The number of carboxylic acid groups (broad SMARTS) is 1. The van der Waals surface area contributed by atoms with E-state index in [4.69, 9.17) is 23.3 Å². The molecule has 98 heavy (non-hydrogen) atoms. The van der Waals surface area contributed by atoms with Gasteiger partial charge in [-0.05, 0) is 146 Å². The third kappa shape index (κ3) is 30.0. The summed E-state index contributed by atoms with van der Waals surface area (Å²) in [7, 11) is -0.458. The van der Waals surface area contributed by atoms with E-state index in [0.29, 0.717) is 61.4 Å². The maximum atomic E-state index is 11.1. The van der Waals surface area contributed by atoms with E-state index in [-0.39, 0.29) is 31.8 Å². The number of benzene rings is 7. The SMILES string of the molecule is C/C=C/c1ccc(NC)cc1S(O)(O)O.CCc1ccc(NC)c(C(=O)O)c1.CCc1ccc(NC)c(S(=O)(=O)O)c1.CNC(=O)Nc1cc(O)c(NC)cc1SO.CNC(=O)Nc1ccc(NC)c(S(=O)(=O)O)c1.CNc1ccc(C)c(SO)c1.CNc1ccc(S(C)(=O)=O)cc1. The van der Waals surface area contributed by atoms with Crippen LogP contribution >= 0.6 is 35.0 Å². The molecule has 0 saturated heterocycles. The van der Waals surface area contributed by atoms with E-state index in [1.807, 2.05) is 65.1 Å². The molecule has 7 aromatic carbocycles. The zero-order valence-electron chi connectivity index (χ0n) is 56.3. The Kier molecular flexibility index (Phi) is 38.2. The highest BCUT2D eigenvalue weighted by molar-refractivity contribution is 8.19. The third-order valence-corrected chi connectivity index (χ3v) is 18.1. The van der Waals surface area contributed by atoms with Gasteiger partial charge < -0.3 is 91.5 Å². The Hall–Kier alpha value is -8.69. The predicted octanol–water partition coefficient (Wildman–Crippen LogP) is 13.1.